The Morgan fingerprint density at radius 3 is 2.38 bits per heavy atom. The molecule has 5 aromatic rings. The Balaban J connectivity index is 0.822. The first-order chi connectivity index (χ1) is 34.8. The first-order valence-corrected chi connectivity index (χ1v) is 28.7. The minimum absolute atomic E-state index is 0.0329. The molecule has 6 rings (SSSR count). The van der Waals surface area contributed by atoms with Gasteiger partial charge < -0.3 is 64.2 Å². The number of carbonyl (C=O) groups is 2. The maximum absolute atomic E-state index is 12.8. The number of thiazole rings is 1. The number of hydrogen-bond acceptors (Lipinski definition) is 22. The van der Waals surface area contributed by atoms with Crippen molar-refractivity contribution in [3.05, 3.63) is 91.6 Å². The lowest BCUT2D eigenvalue weighted by Gasteiger charge is -2.19. The van der Waals surface area contributed by atoms with Crippen molar-refractivity contribution in [2.45, 2.75) is 68.0 Å². The zero-order valence-electron chi connectivity index (χ0n) is 38.2. The van der Waals surface area contributed by atoms with Gasteiger partial charge in [-0.05, 0) is 68.3 Å². The maximum Gasteiger partial charge on any atom is 0.490 e. The first-order valence-electron chi connectivity index (χ1n) is 21.9. The van der Waals surface area contributed by atoms with Gasteiger partial charge in [-0.3, -0.25) is 28.5 Å². The standard InChI is InChI=1S/C40H49N6O23P3S2/c47-32(43-15-4-6-23-21-46(40(53)45-36(23)51)38-35(50)34(49)30(66-38)22-65-71(57,58)69-72(59,60)68-70(54,55)56)7-2-1-3-14-42-33(48)8-5-13-41-16-17-64-25-9-12-29-24(18-25)19-27(39(52)67-29)37-44-28-11-10-26(74(61,62)63)20-31(28)73-37/h4,6,9-12,18-21,30,34-35,38,41,49-50H,1-3,5,7-8,13-17,22H2,(H,42,48)(H,43,47)(H,57,58)(H,59,60)(H,45,51,53)(H2,54,55,56)(H,61,62,63)/p-1/b6-4+/t30-,34-,35-,38-/m1/s1. The summed E-state index contributed by atoms with van der Waals surface area (Å²) in [6.07, 6.45) is -0.867. The number of aromatic amines is 1. The largest absolute Gasteiger partial charge is 0.744 e. The molecule has 2 amide bonds. The minimum atomic E-state index is -5.85. The molecule has 1 aliphatic heterocycles. The van der Waals surface area contributed by atoms with Gasteiger partial charge in [0.05, 0.1) is 32.8 Å². The van der Waals surface area contributed by atoms with Gasteiger partial charge in [0.25, 0.3) is 5.56 Å². The number of aliphatic hydroxyl groups excluding tert-OH is 2. The van der Waals surface area contributed by atoms with Crippen molar-refractivity contribution >= 4 is 84.0 Å². The van der Waals surface area contributed by atoms with Crippen LogP contribution in [0.3, 0.4) is 0 Å². The van der Waals surface area contributed by atoms with E-state index in [-0.39, 0.29) is 42.3 Å². The van der Waals surface area contributed by atoms with E-state index >= 15 is 0 Å². The highest BCUT2D eigenvalue weighted by atomic mass is 32.2. The third-order valence-electron chi connectivity index (χ3n) is 10.4. The van der Waals surface area contributed by atoms with E-state index in [0.29, 0.717) is 88.4 Å². The molecule has 1 aliphatic rings. The lowest BCUT2D eigenvalue weighted by molar-refractivity contribution is -0.122. The number of phosphoric acid groups is 3. The van der Waals surface area contributed by atoms with Crippen LogP contribution >= 0.6 is 34.8 Å². The molecule has 6 atom stereocenters. The molecule has 3 aromatic heterocycles. The summed E-state index contributed by atoms with van der Waals surface area (Å²) in [5.74, 6) is 0.0771. The van der Waals surface area contributed by atoms with Crippen LogP contribution in [0.15, 0.2) is 78.4 Å². The molecule has 404 valence electrons. The van der Waals surface area contributed by atoms with Crippen LogP contribution < -0.4 is 37.6 Å². The van der Waals surface area contributed by atoms with Crippen LogP contribution in [-0.4, -0.2) is 127 Å². The molecule has 10 N–H and O–H groups in total. The third kappa shape index (κ3) is 16.9. The highest BCUT2D eigenvalue weighted by Crippen LogP contribution is 2.66. The summed E-state index contributed by atoms with van der Waals surface area (Å²) >= 11 is 1.05. The van der Waals surface area contributed by atoms with Crippen molar-refractivity contribution in [2.75, 3.05) is 39.4 Å². The molecule has 0 bridgehead atoms. The van der Waals surface area contributed by atoms with E-state index in [9.17, 15) is 70.6 Å². The molecular weight excluding hydrogens is 1090 g/mol. The SMILES string of the molecule is O=C(CCCCCNC(=O)CCCNCCOc1ccc2oc(=O)c(-c3nc4ccc(S(=O)(=O)[O-])cc4s3)cc2c1)NC/C=C/c1cn([C@@H]2O[C@H](COP(=O)(O)OP(=O)(O)OP(=O)(O)O)[C@@H](O)[C@H]2O)c(=O)[nH]c1=O. The monoisotopic (exact) mass is 1140 g/mol. The Bertz CT molecular complexity index is 3320. The van der Waals surface area contributed by atoms with Crippen molar-refractivity contribution in [2.24, 2.45) is 0 Å². The summed E-state index contributed by atoms with van der Waals surface area (Å²) in [5.41, 5.74) is -1.89. The van der Waals surface area contributed by atoms with Crippen LogP contribution in [0.2, 0.25) is 0 Å². The number of aliphatic hydroxyl groups is 2. The van der Waals surface area contributed by atoms with Crippen LogP contribution in [0.1, 0.15) is 50.3 Å². The van der Waals surface area contributed by atoms with E-state index < -0.39 is 86.5 Å². The van der Waals surface area contributed by atoms with Gasteiger partial charge in [0.2, 0.25) is 11.8 Å². The van der Waals surface area contributed by atoms with E-state index in [0.717, 1.165) is 23.6 Å². The lowest BCUT2D eigenvalue weighted by atomic mass is 10.1. The highest BCUT2D eigenvalue weighted by molar-refractivity contribution is 7.85. The van der Waals surface area contributed by atoms with Gasteiger partial charge in [-0.25, -0.2) is 36.7 Å². The quantitative estimate of drug-likeness (QED) is 0.0152. The zero-order chi connectivity index (χ0) is 54.0. The van der Waals surface area contributed by atoms with Crippen molar-refractivity contribution in [1.82, 2.24) is 30.5 Å². The molecule has 0 saturated carbocycles. The first kappa shape index (κ1) is 58.1. The van der Waals surface area contributed by atoms with Crippen molar-refractivity contribution in [3.8, 4) is 16.3 Å². The van der Waals surface area contributed by atoms with Crippen molar-refractivity contribution < 1.29 is 93.1 Å². The van der Waals surface area contributed by atoms with Crippen molar-refractivity contribution in [3.63, 3.8) is 0 Å². The van der Waals surface area contributed by atoms with Crippen LogP contribution in [0.5, 0.6) is 5.75 Å². The summed E-state index contributed by atoms with van der Waals surface area (Å²) in [5, 5.41) is 30.5. The minimum Gasteiger partial charge on any atom is -0.744 e. The number of unbranched alkanes of at least 4 members (excludes halogenated alkanes) is 2. The van der Waals surface area contributed by atoms with E-state index in [1.54, 1.807) is 24.3 Å². The lowest BCUT2D eigenvalue weighted by Crippen LogP contribution is -2.38. The number of nitrogens with one attached hydrogen (secondary N) is 4. The van der Waals surface area contributed by atoms with Crippen LogP contribution in [0, 0.1) is 0 Å². The van der Waals surface area contributed by atoms with Gasteiger partial charge in [0, 0.05) is 44.1 Å². The Morgan fingerprint density at radius 2 is 1.64 bits per heavy atom. The molecule has 0 radical (unpaired) electrons. The van der Waals surface area contributed by atoms with E-state index in [1.807, 2.05) is 4.98 Å². The number of amides is 2. The molecule has 2 aromatic carbocycles. The average molecular weight is 1140 g/mol. The molecule has 4 heterocycles. The molecule has 1 saturated heterocycles. The normalized spacial score (nSPS) is 18.9. The van der Waals surface area contributed by atoms with Gasteiger partial charge in [0.15, 0.2) is 6.23 Å². The Hall–Kier alpha value is -5.14. The average Bonchev–Trinajstić information content (AvgIpc) is 3.85. The predicted octanol–water partition coefficient (Wildman–Crippen LogP) is 1.04. The summed E-state index contributed by atoms with van der Waals surface area (Å²) in [6, 6.07) is 10.3. The molecule has 29 nitrogen and oxygen atoms in total. The number of aromatic nitrogens is 3. The number of fused-ring (bicyclic) bond motifs is 2. The van der Waals surface area contributed by atoms with Crippen LogP contribution in [0.25, 0.3) is 37.8 Å². The molecule has 1 fully saturated rings. The summed E-state index contributed by atoms with van der Waals surface area (Å²) in [7, 11) is -21.8. The van der Waals surface area contributed by atoms with Crippen molar-refractivity contribution in [1.29, 1.82) is 0 Å². The second-order valence-electron chi connectivity index (χ2n) is 16.0. The molecular formula is C40H48N6O23P3S2-. The number of benzene rings is 2. The molecule has 2 unspecified atom stereocenters. The molecule has 74 heavy (non-hydrogen) atoms. The molecule has 34 heteroatoms. The Labute approximate surface area is 421 Å². The number of ether oxygens (including phenoxy) is 2. The fourth-order valence-electron chi connectivity index (χ4n) is 6.98. The van der Waals surface area contributed by atoms with E-state index in [2.05, 4.69) is 34.1 Å². The molecule has 0 aliphatic carbocycles. The maximum atomic E-state index is 12.8. The molecule has 0 spiro atoms. The number of nitrogens with zero attached hydrogens (tertiary/aromatic N) is 2. The van der Waals surface area contributed by atoms with Gasteiger partial charge in [-0.1, -0.05) is 18.6 Å². The van der Waals surface area contributed by atoms with Gasteiger partial charge in [-0.2, -0.15) is 8.62 Å². The van der Waals surface area contributed by atoms with Crippen LogP contribution in [-0.2, 0) is 51.3 Å². The predicted molar refractivity (Wildman–Crippen MR) is 257 cm³/mol. The van der Waals surface area contributed by atoms with E-state index in [1.165, 1.54) is 24.3 Å². The zero-order valence-corrected chi connectivity index (χ0v) is 42.6. The number of rotatable bonds is 27. The number of hydrogen-bond donors (Lipinski definition) is 10. The fraction of sp³-hybridized carbons (Fsp3) is 0.400. The van der Waals surface area contributed by atoms with Gasteiger partial charge in [0.1, 0.15) is 51.4 Å². The Kier molecular flexibility index (Phi) is 19.7. The number of phosphoric ester groups is 1. The van der Waals surface area contributed by atoms with Gasteiger partial charge >= 0.3 is 34.8 Å². The summed E-state index contributed by atoms with van der Waals surface area (Å²) < 4.78 is 98.2. The van der Waals surface area contributed by atoms with Crippen LogP contribution in [0.4, 0.5) is 0 Å². The second kappa shape index (κ2) is 25.1. The Morgan fingerprint density at radius 1 is 0.892 bits per heavy atom. The number of H-pyrrole nitrogens is 1. The smallest absolute Gasteiger partial charge is 0.490 e. The van der Waals surface area contributed by atoms with Gasteiger partial charge in [-0.15, -0.1) is 11.3 Å². The number of carbonyl (C=O) groups excluding carboxylic acids is 2. The highest BCUT2D eigenvalue weighted by Gasteiger charge is 2.47. The second-order valence-corrected chi connectivity index (χ2v) is 22.8. The fourth-order valence-corrected chi connectivity index (χ4v) is 11.6. The summed E-state index contributed by atoms with van der Waals surface area (Å²) in [4.78, 5) is 105. The summed E-state index contributed by atoms with van der Waals surface area (Å²) in [6.45, 7) is 0.566. The van der Waals surface area contributed by atoms with E-state index in [4.69, 9.17) is 23.7 Å². The topological polar surface area (TPSA) is 444 Å². The third-order valence-corrected chi connectivity index (χ3v) is 16.1.